The molecule has 0 radical (unpaired) electrons. The van der Waals surface area contributed by atoms with Crippen molar-refractivity contribution >= 4 is 23.2 Å². The summed E-state index contributed by atoms with van der Waals surface area (Å²) in [6.45, 7) is 0. The van der Waals surface area contributed by atoms with E-state index in [4.69, 9.17) is 23.2 Å². The van der Waals surface area contributed by atoms with Crippen molar-refractivity contribution in [3.63, 3.8) is 0 Å². The van der Waals surface area contributed by atoms with Gasteiger partial charge in [-0.25, -0.2) is 4.68 Å². The summed E-state index contributed by atoms with van der Waals surface area (Å²) in [6, 6.07) is 16.3. The van der Waals surface area contributed by atoms with Gasteiger partial charge in [-0.1, -0.05) is 47.5 Å². The van der Waals surface area contributed by atoms with Gasteiger partial charge < -0.3 is 0 Å². The van der Waals surface area contributed by atoms with E-state index in [-0.39, 0.29) is 5.56 Å². The van der Waals surface area contributed by atoms with Crippen LogP contribution in [-0.2, 0) is 7.05 Å². The number of aromatic nitrogens is 2. The Morgan fingerprint density at radius 2 is 1.36 bits per heavy atom. The van der Waals surface area contributed by atoms with Crippen molar-refractivity contribution in [3.8, 4) is 22.4 Å². The van der Waals surface area contributed by atoms with Crippen LogP contribution in [0.15, 0.2) is 59.4 Å². The normalized spacial score (nSPS) is 10.7. The molecule has 110 valence electrons. The summed E-state index contributed by atoms with van der Waals surface area (Å²) in [4.78, 5) is 12.0. The van der Waals surface area contributed by atoms with E-state index >= 15 is 0 Å². The zero-order valence-electron chi connectivity index (χ0n) is 11.8. The molecule has 0 fully saturated rings. The summed E-state index contributed by atoms with van der Waals surface area (Å²) in [5, 5.41) is 5.70. The fourth-order valence-corrected chi connectivity index (χ4v) is 2.46. The van der Waals surface area contributed by atoms with E-state index in [1.807, 2.05) is 24.3 Å². The van der Waals surface area contributed by atoms with E-state index in [0.717, 1.165) is 22.4 Å². The highest BCUT2D eigenvalue weighted by atomic mass is 35.5. The van der Waals surface area contributed by atoms with Crippen LogP contribution in [0.25, 0.3) is 22.4 Å². The van der Waals surface area contributed by atoms with Crippen LogP contribution in [-0.4, -0.2) is 9.78 Å². The second kappa shape index (κ2) is 5.95. The molecule has 0 spiro atoms. The molecule has 0 amide bonds. The predicted molar refractivity (Wildman–Crippen MR) is 90.4 cm³/mol. The first-order valence-corrected chi connectivity index (χ1v) is 7.40. The molecule has 3 nitrogen and oxygen atoms in total. The maximum absolute atomic E-state index is 12.0. The molecule has 0 saturated carbocycles. The molecule has 0 N–H and O–H groups in total. The molecule has 0 aliphatic carbocycles. The van der Waals surface area contributed by atoms with E-state index in [2.05, 4.69) is 5.10 Å². The van der Waals surface area contributed by atoms with Crippen LogP contribution in [0.1, 0.15) is 0 Å². The Labute approximate surface area is 137 Å². The quantitative estimate of drug-likeness (QED) is 0.697. The van der Waals surface area contributed by atoms with Gasteiger partial charge in [-0.05, 0) is 29.8 Å². The average molecular weight is 331 g/mol. The number of aryl methyl sites for hydroxylation is 1. The highest BCUT2D eigenvalue weighted by Gasteiger charge is 2.12. The zero-order valence-corrected chi connectivity index (χ0v) is 13.3. The minimum Gasteiger partial charge on any atom is -0.268 e. The number of hydrogen-bond donors (Lipinski definition) is 0. The summed E-state index contributed by atoms with van der Waals surface area (Å²) >= 11 is 11.9. The van der Waals surface area contributed by atoms with E-state index in [0.29, 0.717) is 10.0 Å². The second-order valence-corrected chi connectivity index (χ2v) is 5.76. The van der Waals surface area contributed by atoms with Gasteiger partial charge in [0.05, 0.1) is 5.69 Å². The predicted octanol–water partition coefficient (Wildman–Crippen LogP) is 4.42. The lowest BCUT2D eigenvalue weighted by Gasteiger charge is -2.10. The number of benzene rings is 2. The summed E-state index contributed by atoms with van der Waals surface area (Å²) in [5.41, 5.74) is 3.11. The topological polar surface area (TPSA) is 34.9 Å². The molecule has 0 aliphatic rings. The monoisotopic (exact) mass is 330 g/mol. The SMILES string of the molecule is Cn1nc(-c2ccc(Cl)cc2)c(-c2ccc(Cl)cc2)cc1=O. The Morgan fingerprint density at radius 1 is 0.864 bits per heavy atom. The highest BCUT2D eigenvalue weighted by Crippen LogP contribution is 2.30. The summed E-state index contributed by atoms with van der Waals surface area (Å²) in [7, 11) is 1.63. The fourth-order valence-electron chi connectivity index (χ4n) is 2.21. The molecule has 22 heavy (non-hydrogen) atoms. The Balaban J connectivity index is 2.24. The lowest BCUT2D eigenvalue weighted by atomic mass is 10.0. The first-order chi connectivity index (χ1) is 10.5. The Morgan fingerprint density at radius 3 is 1.91 bits per heavy atom. The lowest BCUT2D eigenvalue weighted by molar-refractivity contribution is 0.713. The number of halogens is 2. The van der Waals surface area contributed by atoms with Crippen molar-refractivity contribution in [2.75, 3.05) is 0 Å². The molecule has 0 aliphatic heterocycles. The minimum absolute atomic E-state index is 0.164. The highest BCUT2D eigenvalue weighted by molar-refractivity contribution is 6.31. The standard InChI is InChI=1S/C17H12Cl2N2O/c1-21-16(22)10-15(11-2-6-13(18)7-3-11)17(20-21)12-4-8-14(19)9-5-12/h2-10H,1H3. The zero-order chi connectivity index (χ0) is 15.7. The van der Waals surface area contributed by atoms with Gasteiger partial charge in [-0.15, -0.1) is 0 Å². The Bertz CT molecular complexity index is 869. The van der Waals surface area contributed by atoms with Crippen LogP contribution in [0.4, 0.5) is 0 Å². The van der Waals surface area contributed by atoms with Gasteiger partial charge in [0.2, 0.25) is 0 Å². The smallest absolute Gasteiger partial charge is 0.267 e. The van der Waals surface area contributed by atoms with Crippen molar-refractivity contribution in [1.82, 2.24) is 9.78 Å². The van der Waals surface area contributed by atoms with Gasteiger partial charge in [-0.2, -0.15) is 5.10 Å². The molecule has 5 heteroatoms. The van der Waals surface area contributed by atoms with Gasteiger partial charge >= 0.3 is 0 Å². The van der Waals surface area contributed by atoms with Gasteiger partial charge in [0, 0.05) is 34.3 Å². The molecular weight excluding hydrogens is 319 g/mol. The van der Waals surface area contributed by atoms with Gasteiger partial charge in [-0.3, -0.25) is 4.79 Å². The van der Waals surface area contributed by atoms with Crippen LogP contribution < -0.4 is 5.56 Å². The first-order valence-electron chi connectivity index (χ1n) is 6.65. The second-order valence-electron chi connectivity index (χ2n) is 4.88. The molecule has 3 aromatic rings. The van der Waals surface area contributed by atoms with Crippen molar-refractivity contribution < 1.29 is 0 Å². The molecule has 1 aromatic heterocycles. The molecule has 0 unspecified atom stereocenters. The molecule has 3 rings (SSSR count). The average Bonchev–Trinajstić information content (AvgIpc) is 2.51. The summed E-state index contributed by atoms with van der Waals surface area (Å²) in [6.07, 6.45) is 0. The molecule has 0 saturated heterocycles. The third-order valence-corrected chi connectivity index (χ3v) is 3.87. The van der Waals surface area contributed by atoms with Crippen LogP contribution in [0.2, 0.25) is 10.0 Å². The maximum Gasteiger partial charge on any atom is 0.267 e. The van der Waals surface area contributed by atoms with Crippen LogP contribution >= 0.6 is 23.2 Å². The number of hydrogen-bond acceptors (Lipinski definition) is 2. The van der Waals surface area contributed by atoms with Crippen molar-refractivity contribution in [1.29, 1.82) is 0 Å². The van der Waals surface area contributed by atoms with E-state index in [9.17, 15) is 4.79 Å². The number of nitrogens with zero attached hydrogens (tertiary/aromatic N) is 2. The maximum atomic E-state index is 12.0. The Hall–Kier alpha value is -2.10. The molecular formula is C17H12Cl2N2O. The van der Waals surface area contributed by atoms with Crippen molar-refractivity contribution in [2.45, 2.75) is 0 Å². The first kappa shape index (κ1) is 14.8. The van der Waals surface area contributed by atoms with Gasteiger partial charge in [0.1, 0.15) is 0 Å². The minimum atomic E-state index is -0.164. The van der Waals surface area contributed by atoms with Crippen molar-refractivity contribution in [2.24, 2.45) is 7.05 Å². The Kier molecular flexibility index (Phi) is 4.01. The molecule has 0 bridgehead atoms. The van der Waals surface area contributed by atoms with E-state index in [1.54, 1.807) is 37.4 Å². The summed E-state index contributed by atoms with van der Waals surface area (Å²) in [5.74, 6) is 0. The summed E-state index contributed by atoms with van der Waals surface area (Å²) < 4.78 is 1.32. The lowest BCUT2D eigenvalue weighted by Crippen LogP contribution is -2.19. The van der Waals surface area contributed by atoms with E-state index in [1.165, 1.54) is 4.68 Å². The number of rotatable bonds is 2. The third kappa shape index (κ3) is 2.91. The van der Waals surface area contributed by atoms with Crippen molar-refractivity contribution in [3.05, 3.63) is 75.0 Å². The molecule has 0 atom stereocenters. The molecule has 2 aromatic carbocycles. The van der Waals surface area contributed by atoms with Crippen LogP contribution in [0.3, 0.4) is 0 Å². The van der Waals surface area contributed by atoms with Gasteiger partial charge in [0.25, 0.3) is 5.56 Å². The van der Waals surface area contributed by atoms with E-state index < -0.39 is 0 Å². The third-order valence-electron chi connectivity index (χ3n) is 3.36. The largest absolute Gasteiger partial charge is 0.268 e. The molecule has 1 heterocycles. The van der Waals surface area contributed by atoms with Gasteiger partial charge in [0.15, 0.2) is 0 Å². The fraction of sp³-hybridized carbons (Fsp3) is 0.0588. The van der Waals surface area contributed by atoms with Crippen LogP contribution in [0.5, 0.6) is 0 Å². The van der Waals surface area contributed by atoms with Crippen LogP contribution in [0, 0.1) is 0 Å².